The van der Waals surface area contributed by atoms with Crippen LogP contribution in [0.15, 0.2) is 53.6 Å². The fourth-order valence-corrected chi connectivity index (χ4v) is 5.37. The van der Waals surface area contributed by atoms with Crippen molar-refractivity contribution in [2.75, 3.05) is 24.4 Å². The predicted molar refractivity (Wildman–Crippen MR) is 115 cm³/mol. The maximum absolute atomic E-state index is 12.7. The Bertz CT molecular complexity index is 1090. The zero-order valence-electron chi connectivity index (χ0n) is 15.2. The molecule has 0 atom stereocenters. The van der Waals surface area contributed by atoms with E-state index < -0.39 is 10.0 Å². The van der Waals surface area contributed by atoms with Crippen LogP contribution in [0.2, 0.25) is 10.0 Å². The molecular formula is C20H21Cl2N3O2S. The topological polar surface area (TPSA) is 54.3 Å². The van der Waals surface area contributed by atoms with Crippen molar-refractivity contribution < 1.29 is 8.42 Å². The molecule has 0 saturated carbocycles. The van der Waals surface area contributed by atoms with Gasteiger partial charge in [0.1, 0.15) is 0 Å². The maximum Gasteiger partial charge on any atom is 0.261 e. The van der Waals surface area contributed by atoms with E-state index in [-0.39, 0.29) is 14.9 Å². The van der Waals surface area contributed by atoms with Crippen LogP contribution in [0, 0.1) is 0 Å². The molecule has 1 aromatic heterocycles. The summed E-state index contributed by atoms with van der Waals surface area (Å²) in [5.74, 6) is 0. The lowest BCUT2D eigenvalue weighted by Gasteiger charge is -2.15. The lowest BCUT2D eigenvalue weighted by atomic mass is 10.2. The van der Waals surface area contributed by atoms with Gasteiger partial charge in [-0.3, -0.25) is 4.72 Å². The van der Waals surface area contributed by atoms with Gasteiger partial charge in [0.05, 0.1) is 16.1 Å². The van der Waals surface area contributed by atoms with Gasteiger partial charge in [-0.15, -0.1) is 0 Å². The van der Waals surface area contributed by atoms with Gasteiger partial charge in [-0.2, -0.15) is 0 Å². The Balaban J connectivity index is 1.57. The summed E-state index contributed by atoms with van der Waals surface area (Å²) in [6, 6.07) is 11.9. The SMILES string of the molecule is O=S(=O)(Nc1ccc2ccn(CCN3CCCC3)c2c1)c1cc(Cl)cc(Cl)c1. The molecule has 2 heterocycles. The quantitative estimate of drug-likeness (QED) is 0.599. The number of anilines is 1. The molecule has 0 bridgehead atoms. The average molecular weight is 438 g/mol. The standard InChI is InChI=1S/C20H21Cl2N3O2S/c21-16-11-17(22)13-19(12-16)28(26,27)23-18-4-3-15-5-8-25(20(15)14-18)10-9-24-6-1-2-7-24/h3-5,8,11-14,23H,1-2,6-7,9-10H2. The van der Waals surface area contributed by atoms with Crippen LogP contribution in [0.5, 0.6) is 0 Å². The monoisotopic (exact) mass is 437 g/mol. The molecule has 0 aliphatic carbocycles. The smallest absolute Gasteiger partial charge is 0.261 e. The van der Waals surface area contributed by atoms with Gasteiger partial charge in [0, 0.05) is 29.3 Å². The summed E-state index contributed by atoms with van der Waals surface area (Å²) < 4.78 is 30.2. The van der Waals surface area contributed by atoms with E-state index in [9.17, 15) is 8.42 Å². The average Bonchev–Trinajstić information content (AvgIpc) is 3.28. The summed E-state index contributed by atoms with van der Waals surface area (Å²) in [5.41, 5.74) is 1.51. The Kier molecular flexibility index (Phi) is 5.56. The Labute approximate surface area is 174 Å². The fraction of sp³-hybridized carbons (Fsp3) is 0.300. The number of fused-ring (bicyclic) bond motifs is 1. The molecule has 1 N–H and O–H groups in total. The Morgan fingerprint density at radius 1 is 0.929 bits per heavy atom. The lowest BCUT2D eigenvalue weighted by Crippen LogP contribution is -2.23. The van der Waals surface area contributed by atoms with E-state index in [2.05, 4.69) is 20.4 Å². The third kappa shape index (κ3) is 4.30. The van der Waals surface area contributed by atoms with Gasteiger partial charge in [0.25, 0.3) is 10.0 Å². The number of hydrogen-bond donors (Lipinski definition) is 1. The number of nitrogens with one attached hydrogen (secondary N) is 1. The van der Waals surface area contributed by atoms with Gasteiger partial charge in [-0.25, -0.2) is 8.42 Å². The molecule has 1 fully saturated rings. The maximum atomic E-state index is 12.7. The van der Waals surface area contributed by atoms with E-state index in [4.69, 9.17) is 23.2 Å². The number of rotatable bonds is 6. The highest BCUT2D eigenvalue weighted by atomic mass is 35.5. The first-order chi connectivity index (χ1) is 13.4. The molecule has 148 valence electrons. The highest BCUT2D eigenvalue weighted by Gasteiger charge is 2.17. The summed E-state index contributed by atoms with van der Waals surface area (Å²) in [5, 5.41) is 1.63. The molecule has 1 aliphatic heterocycles. The van der Waals surface area contributed by atoms with Crippen LogP contribution in [0.4, 0.5) is 5.69 Å². The van der Waals surface area contributed by atoms with Crippen LogP contribution < -0.4 is 4.72 Å². The number of hydrogen-bond acceptors (Lipinski definition) is 3. The molecule has 3 aromatic rings. The lowest BCUT2D eigenvalue weighted by molar-refractivity contribution is 0.324. The second kappa shape index (κ2) is 7.95. The molecule has 0 spiro atoms. The van der Waals surface area contributed by atoms with Crippen molar-refractivity contribution >= 4 is 49.8 Å². The summed E-state index contributed by atoms with van der Waals surface area (Å²) in [6.07, 6.45) is 4.59. The number of likely N-dealkylation sites (tertiary alicyclic amines) is 1. The first kappa shape index (κ1) is 19.6. The Hall–Kier alpha value is -1.73. The molecule has 5 nitrogen and oxygen atoms in total. The van der Waals surface area contributed by atoms with E-state index in [1.54, 1.807) is 6.07 Å². The minimum absolute atomic E-state index is 0.0366. The number of aromatic nitrogens is 1. The highest BCUT2D eigenvalue weighted by molar-refractivity contribution is 7.92. The Morgan fingerprint density at radius 2 is 1.64 bits per heavy atom. The summed E-state index contributed by atoms with van der Waals surface area (Å²) in [4.78, 5) is 2.50. The zero-order chi connectivity index (χ0) is 19.7. The number of benzene rings is 2. The molecule has 1 aliphatic rings. The second-order valence-electron chi connectivity index (χ2n) is 7.04. The van der Waals surface area contributed by atoms with Crippen LogP contribution in [0.25, 0.3) is 10.9 Å². The molecule has 0 radical (unpaired) electrons. The highest BCUT2D eigenvalue weighted by Crippen LogP contribution is 2.26. The minimum Gasteiger partial charge on any atom is -0.346 e. The van der Waals surface area contributed by atoms with E-state index in [1.165, 1.54) is 31.0 Å². The third-order valence-electron chi connectivity index (χ3n) is 5.03. The van der Waals surface area contributed by atoms with Crippen molar-refractivity contribution in [2.45, 2.75) is 24.3 Å². The normalized spacial score (nSPS) is 15.4. The predicted octanol–water partition coefficient (Wildman–Crippen LogP) is 4.84. The summed E-state index contributed by atoms with van der Waals surface area (Å²) in [7, 11) is -3.78. The largest absolute Gasteiger partial charge is 0.346 e. The van der Waals surface area contributed by atoms with Gasteiger partial charge >= 0.3 is 0 Å². The van der Waals surface area contributed by atoms with Crippen LogP contribution in [-0.4, -0.2) is 37.5 Å². The first-order valence-electron chi connectivity index (χ1n) is 9.21. The molecule has 2 aromatic carbocycles. The van der Waals surface area contributed by atoms with Crippen LogP contribution in [0.3, 0.4) is 0 Å². The van der Waals surface area contributed by atoms with Gasteiger partial charge in [0.2, 0.25) is 0 Å². The molecule has 8 heteroatoms. The molecule has 0 amide bonds. The Morgan fingerprint density at radius 3 is 2.36 bits per heavy atom. The molecule has 4 rings (SSSR count). The van der Waals surface area contributed by atoms with Gasteiger partial charge in [-0.1, -0.05) is 29.3 Å². The van der Waals surface area contributed by atoms with Crippen molar-refractivity contribution in [1.29, 1.82) is 0 Å². The molecular weight excluding hydrogens is 417 g/mol. The second-order valence-corrected chi connectivity index (χ2v) is 9.60. The van der Waals surface area contributed by atoms with Gasteiger partial charge in [-0.05, 0) is 67.7 Å². The summed E-state index contributed by atoms with van der Waals surface area (Å²) >= 11 is 11.9. The van der Waals surface area contributed by atoms with Crippen molar-refractivity contribution in [3.63, 3.8) is 0 Å². The van der Waals surface area contributed by atoms with Crippen molar-refractivity contribution in [3.05, 3.63) is 58.7 Å². The van der Waals surface area contributed by atoms with Crippen LogP contribution in [0.1, 0.15) is 12.8 Å². The summed E-state index contributed by atoms with van der Waals surface area (Å²) in [6.45, 7) is 4.20. The van der Waals surface area contributed by atoms with Crippen molar-refractivity contribution in [2.24, 2.45) is 0 Å². The first-order valence-corrected chi connectivity index (χ1v) is 11.4. The number of nitrogens with zero attached hydrogens (tertiary/aromatic N) is 2. The van der Waals surface area contributed by atoms with E-state index >= 15 is 0 Å². The van der Waals surface area contributed by atoms with E-state index in [1.807, 2.05) is 18.2 Å². The van der Waals surface area contributed by atoms with Gasteiger partial charge < -0.3 is 9.47 Å². The van der Waals surface area contributed by atoms with E-state index in [0.717, 1.165) is 37.1 Å². The molecule has 1 saturated heterocycles. The third-order valence-corrected chi connectivity index (χ3v) is 6.83. The van der Waals surface area contributed by atoms with Crippen molar-refractivity contribution in [3.8, 4) is 0 Å². The fourth-order valence-electron chi connectivity index (χ4n) is 3.60. The van der Waals surface area contributed by atoms with Gasteiger partial charge in [0.15, 0.2) is 0 Å². The minimum atomic E-state index is -3.78. The molecule has 28 heavy (non-hydrogen) atoms. The van der Waals surface area contributed by atoms with Crippen molar-refractivity contribution in [1.82, 2.24) is 9.47 Å². The zero-order valence-corrected chi connectivity index (χ0v) is 17.6. The molecule has 0 unspecified atom stereocenters. The van der Waals surface area contributed by atoms with Crippen LogP contribution >= 0.6 is 23.2 Å². The van der Waals surface area contributed by atoms with E-state index in [0.29, 0.717) is 5.69 Å². The van der Waals surface area contributed by atoms with Crippen LogP contribution in [-0.2, 0) is 16.6 Å². The number of halogens is 2. The number of sulfonamides is 1.